The van der Waals surface area contributed by atoms with Gasteiger partial charge in [-0.25, -0.2) is 9.97 Å². The van der Waals surface area contributed by atoms with E-state index in [4.69, 9.17) is 5.41 Å². The Hall–Kier alpha value is -4.55. The lowest BCUT2D eigenvalue weighted by Gasteiger charge is -2.17. The molecule has 0 fully saturated rings. The summed E-state index contributed by atoms with van der Waals surface area (Å²) < 4.78 is 69.1. The van der Waals surface area contributed by atoms with Crippen LogP contribution < -0.4 is 20.9 Å². The van der Waals surface area contributed by atoms with Crippen LogP contribution in [0.1, 0.15) is 13.8 Å². The maximum absolute atomic E-state index is 13.8. The molecule has 0 saturated carbocycles. The lowest BCUT2D eigenvalue weighted by Crippen LogP contribution is -2.24. The molecule has 204 valence electrons. The van der Waals surface area contributed by atoms with E-state index in [0.29, 0.717) is 16.7 Å². The van der Waals surface area contributed by atoms with Gasteiger partial charge in [0, 0.05) is 41.3 Å². The average molecular weight is 547 g/mol. The molecule has 4 rings (SSSR count). The second kappa shape index (κ2) is 11.1. The highest BCUT2D eigenvalue weighted by molar-refractivity contribution is 6.12. The number of alkyl halides is 5. The van der Waals surface area contributed by atoms with E-state index in [1.54, 1.807) is 18.4 Å². The molecule has 13 heteroatoms. The van der Waals surface area contributed by atoms with Crippen molar-refractivity contribution in [3.05, 3.63) is 77.0 Å². The zero-order chi connectivity index (χ0) is 28.3. The zero-order valence-electron chi connectivity index (χ0n) is 20.7. The van der Waals surface area contributed by atoms with Gasteiger partial charge in [0.25, 0.3) is 5.56 Å². The summed E-state index contributed by atoms with van der Waals surface area (Å²) in [5.74, 6) is -0.480. The Bertz CT molecular complexity index is 1540. The largest absolute Gasteiger partial charge is 0.435 e. The molecule has 39 heavy (non-hydrogen) atoms. The molecule has 0 saturated heterocycles. The standard InChI is InChI=1S/C26H23F5N6O2/c1-14(2)33-10-16-9-18(5-8-20(16)32)37-12-17-11-34-25(35-13-26(29,30)31)36-22(17)21(23(37)38)15-3-6-19(7-4-15)39-24(27)28/h3-12,14,24,32-33H,13H2,1-2H3,(H,35,36)/b16-10-,32-20?. The van der Waals surface area contributed by atoms with Gasteiger partial charge < -0.3 is 20.8 Å². The minimum atomic E-state index is -4.52. The summed E-state index contributed by atoms with van der Waals surface area (Å²) >= 11 is 0. The van der Waals surface area contributed by atoms with Crippen LogP contribution in [0.5, 0.6) is 5.75 Å². The number of allylic oxidation sites excluding steroid dienone is 5. The molecule has 1 aliphatic rings. The van der Waals surface area contributed by atoms with Gasteiger partial charge in [-0.15, -0.1) is 0 Å². The molecule has 0 radical (unpaired) electrons. The van der Waals surface area contributed by atoms with Crippen molar-refractivity contribution in [3.8, 4) is 16.9 Å². The number of fused-ring (bicyclic) bond motifs is 1. The number of anilines is 1. The number of benzene rings is 1. The number of halogens is 5. The second-order valence-electron chi connectivity index (χ2n) is 8.79. The highest BCUT2D eigenvalue weighted by Gasteiger charge is 2.27. The van der Waals surface area contributed by atoms with E-state index < -0.39 is 24.9 Å². The molecule has 0 aliphatic heterocycles. The van der Waals surface area contributed by atoms with E-state index in [1.165, 1.54) is 47.3 Å². The molecule has 1 aliphatic carbocycles. The molecule has 0 bridgehead atoms. The van der Waals surface area contributed by atoms with Crippen LogP contribution >= 0.6 is 0 Å². The molecule has 3 N–H and O–H groups in total. The van der Waals surface area contributed by atoms with Crippen LogP contribution in [0.2, 0.25) is 0 Å². The Labute approximate surface area is 219 Å². The van der Waals surface area contributed by atoms with Crippen molar-refractivity contribution in [1.29, 1.82) is 5.41 Å². The predicted octanol–water partition coefficient (Wildman–Crippen LogP) is 5.35. The molecule has 0 unspecified atom stereocenters. The number of hydrogen-bond donors (Lipinski definition) is 3. The van der Waals surface area contributed by atoms with Gasteiger partial charge in [-0.1, -0.05) is 12.1 Å². The lowest BCUT2D eigenvalue weighted by molar-refractivity contribution is -0.115. The fraction of sp³-hybridized carbons (Fsp3) is 0.231. The fourth-order valence-electron chi connectivity index (χ4n) is 3.70. The summed E-state index contributed by atoms with van der Waals surface area (Å²) in [5.41, 5.74) is 0.911. The predicted molar refractivity (Wildman–Crippen MR) is 138 cm³/mol. The van der Waals surface area contributed by atoms with E-state index in [1.807, 2.05) is 13.8 Å². The average Bonchev–Trinajstić information content (AvgIpc) is 2.86. The summed E-state index contributed by atoms with van der Waals surface area (Å²) in [6.45, 7) is -0.566. The first-order chi connectivity index (χ1) is 18.4. The minimum absolute atomic E-state index is 0.00865. The van der Waals surface area contributed by atoms with Gasteiger partial charge in [-0.2, -0.15) is 22.0 Å². The first-order valence-electron chi connectivity index (χ1n) is 11.6. The summed E-state index contributed by atoms with van der Waals surface area (Å²) in [7, 11) is 0. The van der Waals surface area contributed by atoms with Crippen LogP contribution in [0.4, 0.5) is 27.9 Å². The maximum atomic E-state index is 13.8. The topological polar surface area (TPSA) is 105 Å². The maximum Gasteiger partial charge on any atom is 0.405 e. The van der Waals surface area contributed by atoms with Crippen molar-refractivity contribution in [2.24, 2.45) is 0 Å². The number of rotatable bonds is 8. The number of hydrogen-bond acceptors (Lipinski definition) is 7. The van der Waals surface area contributed by atoms with Crippen LogP contribution in [0.25, 0.3) is 27.7 Å². The van der Waals surface area contributed by atoms with Crippen molar-refractivity contribution < 1.29 is 26.7 Å². The monoisotopic (exact) mass is 546 g/mol. The molecule has 1 aromatic carbocycles. The van der Waals surface area contributed by atoms with Crippen LogP contribution in [-0.4, -0.2) is 45.6 Å². The van der Waals surface area contributed by atoms with Crippen LogP contribution in [0.3, 0.4) is 0 Å². The Morgan fingerprint density at radius 1 is 1.15 bits per heavy atom. The molecular weight excluding hydrogens is 523 g/mol. The van der Waals surface area contributed by atoms with Crippen molar-refractivity contribution in [2.45, 2.75) is 32.7 Å². The van der Waals surface area contributed by atoms with E-state index in [9.17, 15) is 26.7 Å². The van der Waals surface area contributed by atoms with Gasteiger partial charge in [-0.05, 0) is 49.8 Å². The van der Waals surface area contributed by atoms with Gasteiger partial charge in [-0.3, -0.25) is 9.36 Å². The van der Waals surface area contributed by atoms with Gasteiger partial charge >= 0.3 is 12.8 Å². The molecule has 0 amide bonds. The normalized spacial score (nSPS) is 14.8. The molecule has 0 atom stereocenters. The number of aromatic nitrogens is 3. The molecule has 0 spiro atoms. The lowest BCUT2D eigenvalue weighted by atomic mass is 10.0. The van der Waals surface area contributed by atoms with E-state index in [-0.39, 0.29) is 40.1 Å². The first-order valence-corrected chi connectivity index (χ1v) is 11.6. The third-order valence-corrected chi connectivity index (χ3v) is 5.46. The molecule has 2 aromatic heterocycles. The number of pyridine rings is 1. The Morgan fingerprint density at radius 2 is 1.87 bits per heavy atom. The Kier molecular flexibility index (Phi) is 7.79. The Morgan fingerprint density at radius 3 is 2.51 bits per heavy atom. The van der Waals surface area contributed by atoms with E-state index >= 15 is 0 Å². The summed E-state index contributed by atoms with van der Waals surface area (Å²) in [4.78, 5) is 21.9. The van der Waals surface area contributed by atoms with Crippen LogP contribution in [0, 0.1) is 5.41 Å². The second-order valence-corrected chi connectivity index (χ2v) is 8.79. The van der Waals surface area contributed by atoms with E-state index in [0.717, 1.165) is 0 Å². The summed E-state index contributed by atoms with van der Waals surface area (Å²) in [6.07, 6.45) is 4.60. The van der Waals surface area contributed by atoms with Crippen molar-refractivity contribution in [1.82, 2.24) is 19.9 Å². The van der Waals surface area contributed by atoms with Crippen LogP contribution in [-0.2, 0) is 0 Å². The van der Waals surface area contributed by atoms with Gasteiger partial charge in [0.2, 0.25) is 5.95 Å². The Balaban J connectivity index is 1.89. The van der Waals surface area contributed by atoms with Crippen molar-refractivity contribution in [2.75, 3.05) is 11.9 Å². The van der Waals surface area contributed by atoms with Gasteiger partial charge in [0.05, 0.1) is 16.8 Å². The third-order valence-electron chi connectivity index (χ3n) is 5.46. The first kappa shape index (κ1) is 27.5. The van der Waals surface area contributed by atoms with E-state index in [2.05, 4.69) is 25.3 Å². The quantitative estimate of drug-likeness (QED) is 0.329. The molecule has 3 aromatic rings. The van der Waals surface area contributed by atoms with Crippen LogP contribution in [0.15, 0.2) is 71.5 Å². The molecule has 8 nitrogen and oxygen atoms in total. The number of ether oxygens (including phenoxy) is 1. The van der Waals surface area contributed by atoms with Gasteiger partial charge in [0.15, 0.2) is 0 Å². The number of nitrogens with zero attached hydrogens (tertiary/aromatic N) is 3. The zero-order valence-corrected chi connectivity index (χ0v) is 20.7. The molecule has 2 heterocycles. The minimum Gasteiger partial charge on any atom is -0.435 e. The SMILES string of the molecule is CC(C)N/C=C1/C=C(n2cc3cnc(NCC(F)(F)F)nc3c(-c3ccc(OC(F)F)cc3)c2=O)C=CC1=N. The molecular formula is C26H23F5N6O2. The fourth-order valence-corrected chi connectivity index (χ4v) is 3.70. The summed E-state index contributed by atoms with van der Waals surface area (Å²) in [5, 5.41) is 13.7. The number of nitrogens with one attached hydrogen (secondary N) is 3. The smallest absolute Gasteiger partial charge is 0.405 e. The van der Waals surface area contributed by atoms with Gasteiger partial charge in [0.1, 0.15) is 12.3 Å². The summed E-state index contributed by atoms with van der Waals surface area (Å²) in [6, 6.07) is 5.35. The third kappa shape index (κ3) is 6.67. The highest BCUT2D eigenvalue weighted by atomic mass is 19.4. The van der Waals surface area contributed by atoms with Crippen molar-refractivity contribution >= 4 is 28.3 Å². The van der Waals surface area contributed by atoms with Crippen molar-refractivity contribution in [3.63, 3.8) is 0 Å². The highest BCUT2D eigenvalue weighted by Crippen LogP contribution is 2.29.